The highest BCUT2D eigenvalue weighted by molar-refractivity contribution is 6.17. The van der Waals surface area contributed by atoms with Crippen molar-refractivity contribution < 1.29 is 0 Å². The second-order valence-corrected chi connectivity index (χ2v) is 1.78. The van der Waals surface area contributed by atoms with E-state index in [0.29, 0.717) is 0 Å². The zero-order chi connectivity index (χ0) is 5.54. The molecular weight excluding hydrogens is 108 g/mol. The molecule has 42 valence electrons. The van der Waals surface area contributed by atoms with Crippen LogP contribution in [0.2, 0.25) is 0 Å². The number of unbranched alkanes of at least 4 members (excludes halogenated alkanes) is 1. The molecule has 0 nitrogen and oxygen atoms in total. The molecule has 0 aliphatic rings. The number of hydrogen-bond donors (Lipinski definition) is 0. The summed E-state index contributed by atoms with van der Waals surface area (Å²) in [5, 5.41) is 0. The molecule has 0 aromatic carbocycles. The lowest BCUT2D eigenvalue weighted by molar-refractivity contribution is 0.965. The van der Waals surface area contributed by atoms with Crippen LogP contribution in [0.15, 0.2) is 12.2 Å². The maximum atomic E-state index is 5.40. The number of hydrogen-bond acceptors (Lipinski definition) is 0. The van der Waals surface area contributed by atoms with Crippen molar-refractivity contribution in [2.24, 2.45) is 0 Å². The summed E-state index contributed by atoms with van der Waals surface area (Å²) in [6.07, 6.45) is 6.40. The largest absolute Gasteiger partial charge is 0.127 e. The minimum absolute atomic E-state index is 0.782. The van der Waals surface area contributed by atoms with E-state index in [0.717, 1.165) is 18.7 Å². The van der Waals surface area contributed by atoms with E-state index in [1.807, 2.05) is 13.0 Å². The normalized spacial score (nSPS) is 10.6. The molecule has 0 saturated heterocycles. The molecule has 0 atom stereocenters. The molecule has 0 aromatic rings. The van der Waals surface area contributed by atoms with Crippen molar-refractivity contribution >= 4 is 11.6 Å². The number of allylic oxidation sites excluding steroid dienone is 2. The van der Waals surface area contributed by atoms with E-state index in [4.69, 9.17) is 11.6 Å². The first-order valence-electron chi connectivity index (χ1n) is 2.59. The summed E-state index contributed by atoms with van der Waals surface area (Å²) in [7, 11) is 0. The Morgan fingerprint density at radius 3 is 2.71 bits per heavy atom. The van der Waals surface area contributed by atoms with Crippen LogP contribution in [0.3, 0.4) is 0 Å². The Kier molecular flexibility index (Phi) is 6.06. The van der Waals surface area contributed by atoms with E-state index in [2.05, 4.69) is 6.08 Å². The molecule has 0 aliphatic carbocycles. The van der Waals surface area contributed by atoms with E-state index in [-0.39, 0.29) is 0 Å². The lowest BCUT2D eigenvalue weighted by Gasteiger charge is -1.82. The molecule has 0 unspecified atom stereocenters. The monoisotopic (exact) mass is 118 g/mol. The third-order valence-corrected chi connectivity index (χ3v) is 1.01. The van der Waals surface area contributed by atoms with Gasteiger partial charge < -0.3 is 0 Å². The van der Waals surface area contributed by atoms with Crippen LogP contribution < -0.4 is 0 Å². The third kappa shape index (κ3) is 6.03. The molecule has 0 bridgehead atoms. The van der Waals surface area contributed by atoms with Gasteiger partial charge in [-0.05, 0) is 19.8 Å². The van der Waals surface area contributed by atoms with Gasteiger partial charge in [-0.1, -0.05) is 12.2 Å². The van der Waals surface area contributed by atoms with Crippen molar-refractivity contribution in [3.63, 3.8) is 0 Å². The molecule has 0 saturated carbocycles. The Bertz CT molecular complexity index is 48.1. The molecule has 0 spiro atoms. The predicted octanol–water partition coefficient (Wildman–Crippen LogP) is 2.58. The minimum atomic E-state index is 0.782. The lowest BCUT2D eigenvalue weighted by Crippen LogP contribution is -1.68. The van der Waals surface area contributed by atoms with Crippen molar-refractivity contribution in [2.75, 3.05) is 5.88 Å². The summed E-state index contributed by atoms with van der Waals surface area (Å²) in [6, 6.07) is 0. The minimum Gasteiger partial charge on any atom is -0.127 e. The SMILES string of the molecule is C/C=C/CCCCl. The molecule has 0 aromatic heterocycles. The maximum Gasteiger partial charge on any atom is 0.0226 e. The highest BCUT2D eigenvalue weighted by Gasteiger charge is 1.74. The molecule has 0 fully saturated rings. The Balaban J connectivity index is 2.69. The number of alkyl halides is 1. The molecule has 0 aliphatic heterocycles. The van der Waals surface area contributed by atoms with E-state index in [1.54, 1.807) is 0 Å². The highest BCUT2D eigenvalue weighted by atomic mass is 35.5. The van der Waals surface area contributed by atoms with Gasteiger partial charge in [-0.2, -0.15) is 0 Å². The van der Waals surface area contributed by atoms with Crippen LogP contribution >= 0.6 is 11.6 Å². The quantitative estimate of drug-likeness (QED) is 0.304. The summed E-state index contributed by atoms with van der Waals surface area (Å²) in [4.78, 5) is 0. The fourth-order valence-corrected chi connectivity index (χ4v) is 0.516. The van der Waals surface area contributed by atoms with Gasteiger partial charge in [-0.3, -0.25) is 0 Å². The second-order valence-electron chi connectivity index (χ2n) is 1.40. The summed E-state index contributed by atoms with van der Waals surface area (Å²) >= 11 is 5.40. The smallest absolute Gasteiger partial charge is 0.0226 e. The summed E-state index contributed by atoms with van der Waals surface area (Å²) in [6.45, 7) is 2.02. The predicted molar refractivity (Wildman–Crippen MR) is 34.8 cm³/mol. The molecule has 0 radical (unpaired) electrons. The average Bonchev–Trinajstić information content (AvgIpc) is 1.69. The first-order chi connectivity index (χ1) is 3.41. The lowest BCUT2D eigenvalue weighted by atomic mass is 10.3. The second kappa shape index (κ2) is 6.03. The standard InChI is InChI=1S/C6H11Cl/c1-2-3-4-5-6-7/h2-3H,4-6H2,1H3/b3-2+. The van der Waals surface area contributed by atoms with Crippen LogP contribution in [0.1, 0.15) is 19.8 Å². The van der Waals surface area contributed by atoms with Gasteiger partial charge in [0.2, 0.25) is 0 Å². The van der Waals surface area contributed by atoms with E-state index < -0.39 is 0 Å². The van der Waals surface area contributed by atoms with Gasteiger partial charge in [-0.15, -0.1) is 11.6 Å². The van der Waals surface area contributed by atoms with Crippen LogP contribution in [0, 0.1) is 0 Å². The van der Waals surface area contributed by atoms with Crippen LogP contribution in [-0.4, -0.2) is 5.88 Å². The number of halogens is 1. The summed E-state index contributed by atoms with van der Waals surface area (Å²) in [5.41, 5.74) is 0. The van der Waals surface area contributed by atoms with Crippen LogP contribution in [0.4, 0.5) is 0 Å². The summed E-state index contributed by atoms with van der Waals surface area (Å²) in [5.74, 6) is 0.782. The molecule has 1 heteroatoms. The van der Waals surface area contributed by atoms with Crippen molar-refractivity contribution in [1.82, 2.24) is 0 Å². The molecule has 0 rings (SSSR count). The van der Waals surface area contributed by atoms with Gasteiger partial charge in [-0.25, -0.2) is 0 Å². The zero-order valence-electron chi connectivity index (χ0n) is 4.65. The summed E-state index contributed by atoms with van der Waals surface area (Å²) < 4.78 is 0. The average molecular weight is 119 g/mol. The fourth-order valence-electron chi connectivity index (χ4n) is 0.362. The van der Waals surface area contributed by atoms with Gasteiger partial charge in [0.25, 0.3) is 0 Å². The van der Waals surface area contributed by atoms with Crippen molar-refractivity contribution in [3.05, 3.63) is 12.2 Å². The first kappa shape index (κ1) is 7.03. The molecule has 0 heterocycles. The molecule has 7 heavy (non-hydrogen) atoms. The Hall–Kier alpha value is 0.0300. The fraction of sp³-hybridized carbons (Fsp3) is 0.667. The van der Waals surface area contributed by atoms with Crippen LogP contribution in [0.25, 0.3) is 0 Å². The van der Waals surface area contributed by atoms with E-state index in [1.165, 1.54) is 0 Å². The van der Waals surface area contributed by atoms with Crippen LogP contribution in [0.5, 0.6) is 0 Å². The Morgan fingerprint density at radius 2 is 2.29 bits per heavy atom. The Morgan fingerprint density at radius 1 is 1.57 bits per heavy atom. The molecular formula is C6H11Cl. The Labute approximate surface area is 50.2 Å². The first-order valence-corrected chi connectivity index (χ1v) is 3.12. The maximum absolute atomic E-state index is 5.40. The van der Waals surface area contributed by atoms with E-state index in [9.17, 15) is 0 Å². The zero-order valence-corrected chi connectivity index (χ0v) is 5.41. The molecule has 0 amide bonds. The van der Waals surface area contributed by atoms with Gasteiger partial charge in [0.05, 0.1) is 0 Å². The molecule has 0 N–H and O–H groups in total. The topological polar surface area (TPSA) is 0 Å². The van der Waals surface area contributed by atoms with Crippen molar-refractivity contribution in [3.8, 4) is 0 Å². The number of rotatable bonds is 3. The van der Waals surface area contributed by atoms with Crippen molar-refractivity contribution in [1.29, 1.82) is 0 Å². The third-order valence-electron chi connectivity index (χ3n) is 0.740. The van der Waals surface area contributed by atoms with E-state index >= 15 is 0 Å². The van der Waals surface area contributed by atoms with Gasteiger partial charge >= 0.3 is 0 Å². The van der Waals surface area contributed by atoms with Crippen LogP contribution in [-0.2, 0) is 0 Å². The van der Waals surface area contributed by atoms with Gasteiger partial charge in [0, 0.05) is 5.88 Å². The van der Waals surface area contributed by atoms with Gasteiger partial charge in [0.1, 0.15) is 0 Å². The highest BCUT2D eigenvalue weighted by Crippen LogP contribution is 1.91. The van der Waals surface area contributed by atoms with Gasteiger partial charge in [0.15, 0.2) is 0 Å². The van der Waals surface area contributed by atoms with Crippen molar-refractivity contribution in [2.45, 2.75) is 19.8 Å².